The van der Waals surface area contributed by atoms with Gasteiger partial charge in [0.2, 0.25) is 10.0 Å². The van der Waals surface area contributed by atoms with Gasteiger partial charge in [-0.05, 0) is 31.2 Å². The Morgan fingerprint density at radius 1 is 1.21 bits per heavy atom. The summed E-state index contributed by atoms with van der Waals surface area (Å²) in [7, 11) is -2.45. The summed E-state index contributed by atoms with van der Waals surface area (Å²) in [6, 6.07) is 3.93. The van der Waals surface area contributed by atoms with Gasteiger partial charge in [-0.15, -0.1) is 0 Å². The maximum absolute atomic E-state index is 11.8. The second kappa shape index (κ2) is 5.81. The topological polar surface area (TPSA) is 113 Å². The van der Waals surface area contributed by atoms with E-state index >= 15 is 0 Å². The Kier molecular flexibility index (Phi) is 4.62. The van der Waals surface area contributed by atoms with Crippen molar-refractivity contribution in [1.82, 2.24) is 10.0 Å². The second-order valence-electron chi connectivity index (χ2n) is 3.78. The van der Waals surface area contributed by atoms with E-state index in [-0.39, 0.29) is 10.8 Å². The van der Waals surface area contributed by atoms with E-state index in [0.717, 1.165) is 0 Å². The number of hydrogen-bond donors (Lipinski definition) is 3. The van der Waals surface area contributed by atoms with E-state index in [4.69, 9.17) is 5.11 Å². The Balaban J connectivity index is 2.97. The number of carbonyl (C=O) groups excluding carboxylic acids is 1. The van der Waals surface area contributed by atoms with E-state index in [2.05, 4.69) is 5.32 Å². The SMILES string of the molecule is CNC(=O)c1ccc(S(=O)(=O)NC(C)C(=O)O)cc1. The van der Waals surface area contributed by atoms with Crippen LogP contribution in [-0.4, -0.2) is 38.5 Å². The van der Waals surface area contributed by atoms with Crippen LogP contribution in [0.25, 0.3) is 0 Å². The molecule has 104 valence electrons. The lowest BCUT2D eigenvalue weighted by molar-refractivity contribution is -0.138. The highest BCUT2D eigenvalue weighted by Gasteiger charge is 2.21. The summed E-state index contributed by atoms with van der Waals surface area (Å²) in [5.41, 5.74) is 0.313. The molecule has 7 nitrogen and oxygen atoms in total. The van der Waals surface area contributed by atoms with Crippen molar-refractivity contribution in [1.29, 1.82) is 0 Å². The van der Waals surface area contributed by atoms with Gasteiger partial charge in [0.25, 0.3) is 5.91 Å². The van der Waals surface area contributed by atoms with Crippen LogP contribution in [0.4, 0.5) is 0 Å². The number of hydrogen-bond acceptors (Lipinski definition) is 4. The van der Waals surface area contributed by atoms with Crippen LogP contribution in [0, 0.1) is 0 Å². The lowest BCUT2D eigenvalue weighted by atomic mass is 10.2. The molecule has 1 aromatic rings. The molecule has 0 heterocycles. The lowest BCUT2D eigenvalue weighted by Crippen LogP contribution is -2.38. The first-order valence-electron chi connectivity index (χ1n) is 5.35. The zero-order chi connectivity index (χ0) is 14.6. The van der Waals surface area contributed by atoms with Crippen LogP contribution in [0.5, 0.6) is 0 Å². The van der Waals surface area contributed by atoms with Gasteiger partial charge < -0.3 is 10.4 Å². The minimum atomic E-state index is -3.92. The zero-order valence-electron chi connectivity index (χ0n) is 10.4. The number of amides is 1. The molecule has 3 N–H and O–H groups in total. The summed E-state index contributed by atoms with van der Waals surface area (Å²) < 4.78 is 25.7. The van der Waals surface area contributed by atoms with Crippen molar-refractivity contribution in [3.63, 3.8) is 0 Å². The van der Waals surface area contributed by atoms with Gasteiger partial charge in [0.1, 0.15) is 6.04 Å². The maximum atomic E-state index is 11.8. The molecule has 1 unspecified atom stereocenters. The van der Waals surface area contributed by atoms with Crippen molar-refractivity contribution in [2.75, 3.05) is 7.05 Å². The largest absolute Gasteiger partial charge is 0.480 e. The van der Waals surface area contributed by atoms with E-state index in [0.29, 0.717) is 5.56 Å². The summed E-state index contributed by atoms with van der Waals surface area (Å²) in [4.78, 5) is 21.8. The molecule has 1 amide bonds. The fraction of sp³-hybridized carbons (Fsp3) is 0.273. The highest BCUT2D eigenvalue weighted by Crippen LogP contribution is 2.11. The number of carboxylic acids is 1. The minimum absolute atomic E-state index is 0.103. The average molecular weight is 286 g/mol. The van der Waals surface area contributed by atoms with Crippen LogP contribution in [0.15, 0.2) is 29.2 Å². The Hall–Kier alpha value is -1.93. The fourth-order valence-corrected chi connectivity index (χ4v) is 2.48. The third kappa shape index (κ3) is 3.76. The number of carbonyl (C=O) groups is 2. The molecule has 0 fully saturated rings. The number of benzene rings is 1. The van der Waals surface area contributed by atoms with Crippen LogP contribution < -0.4 is 10.0 Å². The molecular weight excluding hydrogens is 272 g/mol. The Bertz CT molecular complexity index is 580. The summed E-state index contributed by atoms with van der Waals surface area (Å²) in [6.45, 7) is 1.22. The molecule has 0 aliphatic rings. The van der Waals surface area contributed by atoms with Crippen molar-refractivity contribution in [3.05, 3.63) is 29.8 Å². The average Bonchev–Trinajstić information content (AvgIpc) is 2.37. The van der Waals surface area contributed by atoms with Gasteiger partial charge in [0.05, 0.1) is 4.90 Å². The molecule has 1 aromatic carbocycles. The van der Waals surface area contributed by atoms with E-state index in [1.807, 2.05) is 4.72 Å². The number of nitrogens with one attached hydrogen (secondary N) is 2. The van der Waals surface area contributed by atoms with Gasteiger partial charge in [-0.1, -0.05) is 0 Å². The number of carboxylic acid groups (broad SMARTS) is 1. The van der Waals surface area contributed by atoms with E-state index < -0.39 is 22.0 Å². The van der Waals surface area contributed by atoms with Crippen molar-refractivity contribution < 1.29 is 23.1 Å². The quantitative estimate of drug-likeness (QED) is 0.693. The van der Waals surface area contributed by atoms with Crippen molar-refractivity contribution in [2.24, 2.45) is 0 Å². The van der Waals surface area contributed by atoms with Crippen LogP contribution in [-0.2, 0) is 14.8 Å². The van der Waals surface area contributed by atoms with Crippen LogP contribution >= 0.6 is 0 Å². The molecule has 1 rings (SSSR count). The number of rotatable bonds is 5. The standard InChI is InChI=1S/C11H14N2O5S/c1-7(11(15)16)13-19(17,18)9-5-3-8(4-6-9)10(14)12-2/h3-7,13H,1-2H3,(H,12,14)(H,15,16). The van der Waals surface area contributed by atoms with E-state index in [1.54, 1.807) is 0 Å². The molecule has 0 aliphatic heterocycles. The van der Waals surface area contributed by atoms with Gasteiger partial charge in [-0.25, -0.2) is 8.42 Å². The first-order valence-corrected chi connectivity index (χ1v) is 6.83. The van der Waals surface area contributed by atoms with Crippen molar-refractivity contribution in [3.8, 4) is 0 Å². The summed E-state index contributed by atoms with van der Waals surface area (Å²) in [6.07, 6.45) is 0. The van der Waals surface area contributed by atoms with E-state index in [1.165, 1.54) is 38.2 Å². The zero-order valence-corrected chi connectivity index (χ0v) is 11.2. The summed E-state index contributed by atoms with van der Waals surface area (Å²) in [5.74, 6) is -1.61. The molecule has 0 saturated carbocycles. The third-order valence-corrected chi connectivity index (χ3v) is 3.91. The molecule has 0 radical (unpaired) electrons. The number of aliphatic carboxylic acids is 1. The molecule has 19 heavy (non-hydrogen) atoms. The molecular formula is C11H14N2O5S. The molecule has 0 spiro atoms. The normalized spacial score (nSPS) is 12.7. The molecule has 0 saturated heterocycles. The van der Waals surface area contributed by atoms with E-state index in [9.17, 15) is 18.0 Å². The van der Waals surface area contributed by atoms with Gasteiger partial charge in [0.15, 0.2) is 0 Å². The highest BCUT2D eigenvalue weighted by atomic mass is 32.2. The Morgan fingerprint density at radius 2 is 1.74 bits per heavy atom. The second-order valence-corrected chi connectivity index (χ2v) is 5.50. The first-order chi connectivity index (χ1) is 8.77. The van der Waals surface area contributed by atoms with Crippen molar-refractivity contribution >= 4 is 21.9 Å². The lowest BCUT2D eigenvalue weighted by Gasteiger charge is -2.10. The number of sulfonamides is 1. The highest BCUT2D eigenvalue weighted by molar-refractivity contribution is 7.89. The fourth-order valence-electron chi connectivity index (χ4n) is 1.28. The Morgan fingerprint density at radius 3 is 2.16 bits per heavy atom. The van der Waals surface area contributed by atoms with Crippen molar-refractivity contribution in [2.45, 2.75) is 17.9 Å². The maximum Gasteiger partial charge on any atom is 0.321 e. The van der Waals surface area contributed by atoms with Gasteiger partial charge in [0, 0.05) is 12.6 Å². The van der Waals surface area contributed by atoms with Gasteiger partial charge in [-0.2, -0.15) is 4.72 Å². The predicted octanol–water partition coefficient (Wildman–Crippen LogP) is -0.202. The Labute approximate surface area is 110 Å². The van der Waals surface area contributed by atoms with Gasteiger partial charge >= 0.3 is 5.97 Å². The summed E-state index contributed by atoms with van der Waals surface area (Å²) >= 11 is 0. The van der Waals surface area contributed by atoms with Gasteiger partial charge in [-0.3, -0.25) is 9.59 Å². The first kappa shape index (κ1) is 15.1. The van der Waals surface area contributed by atoms with Crippen LogP contribution in [0.3, 0.4) is 0 Å². The molecule has 8 heteroatoms. The van der Waals surface area contributed by atoms with Crippen LogP contribution in [0.2, 0.25) is 0 Å². The molecule has 0 aromatic heterocycles. The third-order valence-electron chi connectivity index (χ3n) is 2.36. The monoisotopic (exact) mass is 286 g/mol. The molecule has 1 atom stereocenters. The molecule has 0 aliphatic carbocycles. The predicted molar refractivity (Wildman–Crippen MR) is 67.3 cm³/mol. The van der Waals surface area contributed by atoms with Crippen LogP contribution in [0.1, 0.15) is 17.3 Å². The minimum Gasteiger partial charge on any atom is -0.480 e. The summed E-state index contributed by atoms with van der Waals surface area (Å²) in [5, 5.41) is 11.1. The molecule has 0 bridgehead atoms. The smallest absolute Gasteiger partial charge is 0.321 e.